The molecule has 0 saturated carbocycles. The van der Waals surface area contributed by atoms with Gasteiger partial charge in [0.1, 0.15) is 5.00 Å². The summed E-state index contributed by atoms with van der Waals surface area (Å²) in [5, 5.41) is 3.48. The number of nitrogens with zero attached hydrogens (tertiary/aromatic N) is 1. The van der Waals surface area contributed by atoms with Gasteiger partial charge in [-0.25, -0.2) is 4.79 Å². The molecule has 0 radical (unpaired) electrons. The van der Waals surface area contributed by atoms with Crippen molar-refractivity contribution in [2.75, 3.05) is 25.5 Å². The van der Waals surface area contributed by atoms with Gasteiger partial charge in [-0.05, 0) is 44.0 Å². The van der Waals surface area contributed by atoms with Gasteiger partial charge in [-0.3, -0.25) is 9.59 Å². The molecule has 0 aliphatic carbocycles. The summed E-state index contributed by atoms with van der Waals surface area (Å²) >= 11 is 7.15. The van der Waals surface area contributed by atoms with E-state index in [1.54, 1.807) is 36.1 Å². The molecule has 0 bridgehead atoms. The molecule has 0 fully saturated rings. The van der Waals surface area contributed by atoms with Gasteiger partial charge in [0.15, 0.2) is 0 Å². The first-order valence-electron chi connectivity index (χ1n) is 9.08. The van der Waals surface area contributed by atoms with Gasteiger partial charge in [-0.1, -0.05) is 29.8 Å². The van der Waals surface area contributed by atoms with Gasteiger partial charge in [0.2, 0.25) is 5.91 Å². The van der Waals surface area contributed by atoms with Crippen LogP contribution in [0.15, 0.2) is 30.3 Å². The fourth-order valence-corrected chi connectivity index (χ4v) is 4.10. The average molecular weight is 435 g/mol. The summed E-state index contributed by atoms with van der Waals surface area (Å²) in [5.41, 5.74) is 1.37. The highest BCUT2D eigenvalue weighted by atomic mass is 35.5. The summed E-state index contributed by atoms with van der Waals surface area (Å²) in [6, 6.07) is 7.11. The molecule has 8 heteroatoms. The minimum Gasteiger partial charge on any atom is -0.465 e. The Morgan fingerprint density at radius 1 is 1.21 bits per heavy atom. The number of rotatable bonds is 7. The van der Waals surface area contributed by atoms with Gasteiger partial charge in [-0.15, -0.1) is 11.3 Å². The zero-order chi connectivity index (χ0) is 21.6. The molecule has 1 aromatic carbocycles. The summed E-state index contributed by atoms with van der Waals surface area (Å²) in [4.78, 5) is 39.5. The summed E-state index contributed by atoms with van der Waals surface area (Å²) in [6.45, 7) is 6.53. The number of halogens is 1. The zero-order valence-corrected chi connectivity index (χ0v) is 18.3. The van der Waals surface area contributed by atoms with Crippen LogP contribution in [0.2, 0.25) is 5.02 Å². The van der Waals surface area contributed by atoms with Gasteiger partial charge in [-0.2, -0.15) is 0 Å². The fraction of sp³-hybridized carbons (Fsp3) is 0.286. The van der Waals surface area contributed by atoms with Crippen LogP contribution in [-0.4, -0.2) is 42.9 Å². The number of ether oxygens (including phenoxy) is 1. The molecule has 2 amide bonds. The van der Waals surface area contributed by atoms with Crippen molar-refractivity contribution < 1.29 is 19.1 Å². The third-order valence-electron chi connectivity index (χ3n) is 4.34. The van der Waals surface area contributed by atoms with E-state index in [1.165, 1.54) is 13.2 Å². The first kappa shape index (κ1) is 22.6. The maximum Gasteiger partial charge on any atom is 0.341 e. The van der Waals surface area contributed by atoms with Gasteiger partial charge in [0, 0.05) is 24.2 Å². The minimum absolute atomic E-state index is 0.185. The molecule has 1 N–H and O–H groups in total. The standard InChI is InChI=1S/C21H23ClN2O4S/c1-5-24(6-2)20(26)18-13(3)17(21(27)28-4)19(29-18)23-16(25)12-11-14-9-7-8-10-15(14)22/h7-12H,5-6H2,1-4H3,(H,23,25)/b12-11+. The molecule has 1 aromatic heterocycles. The number of methoxy groups -OCH3 is 1. The Morgan fingerprint density at radius 2 is 1.86 bits per heavy atom. The third-order valence-corrected chi connectivity index (χ3v) is 5.88. The molecule has 0 spiro atoms. The van der Waals surface area contributed by atoms with Crippen molar-refractivity contribution in [1.29, 1.82) is 0 Å². The average Bonchev–Trinajstić information content (AvgIpc) is 3.03. The first-order valence-corrected chi connectivity index (χ1v) is 10.3. The third kappa shape index (κ3) is 5.25. The van der Waals surface area contributed by atoms with E-state index < -0.39 is 11.9 Å². The lowest BCUT2D eigenvalue weighted by atomic mass is 10.1. The van der Waals surface area contributed by atoms with E-state index in [-0.39, 0.29) is 16.5 Å². The van der Waals surface area contributed by atoms with Crippen LogP contribution in [0, 0.1) is 6.92 Å². The molecule has 2 aromatic rings. The molecular formula is C21H23ClN2O4S. The van der Waals surface area contributed by atoms with Gasteiger partial charge < -0.3 is 15.0 Å². The number of benzene rings is 1. The molecule has 0 atom stereocenters. The molecular weight excluding hydrogens is 412 g/mol. The highest BCUT2D eigenvalue weighted by molar-refractivity contribution is 7.18. The number of amides is 2. The molecule has 2 rings (SSSR count). The van der Waals surface area contributed by atoms with Crippen molar-refractivity contribution in [2.45, 2.75) is 20.8 Å². The van der Waals surface area contributed by atoms with Crippen molar-refractivity contribution in [1.82, 2.24) is 4.90 Å². The van der Waals surface area contributed by atoms with E-state index in [0.29, 0.717) is 34.1 Å². The summed E-state index contributed by atoms with van der Waals surface area (Å²) in [5.74, 6) is -1.24. The lowest BCUT2D eigenvalue weighted by Gasteiger charge is -2.17. The highest BCUT2D eigenvalue weighted by Gasteiger charge is 2.27. The normalized spacial score (nSPS) is 10.8. The van der Waals surface area contributed by atoms with E-state index in [2.05, 4.69) is 5.32 Å². The number of carbonyl (C=O) groups excluding carboxylic acids is 3. The molecule has 6 nitrogen and oxygen atoms in total. The molecule has 0 aliphatic rings. The van der Waals surface area contributed by atoms with Crippen molar-refractivity contribution in [3.05, 3.63) is 56.9 Å². The highest BCUT2D eigenvalue weighted by Crippen LogP contribution is 2.34. The van der Waals surface area contributed by atoms with E-state index >= 15 is 0 Å². The van der Waals surface area contributed by atoms with Crippen LogP contribution >= 0.6 is 22.9 Å². The predicted octanol–water partition coefficient (Wildman–Crippen LogP) is 4.63. The molecule has 0 unspecified atom stereocenters. The smallest absolute Gasteiger partial charge is 0.341 e. The Balaban J connectivity index is 2.34. The molecule has 1 heterocycles. The van der Waals surface area contributed by atoms with Crippen molar-refractivity contribution in [2.24, 2.45) is 0 Å². The fourth-order valence-electron chi connectivity index (χ4n) is 2.74. The number of anilines is 1. The molecule has 154 valence electrons. The largest absolute Gasteiger partial charge is 0.465 e. The number of hydrogen-bond acceptors (Lipinski definition) is 5. The van der Waals surface area contributed by atoms with Crippen LogP contribution in [0.1, 0.15) is 45.0 Å². The van der Waals surface area contributed by atoms with Crippen LogP contribution in [0.25, 0.3) is 6.08 Å². The summed E-state index contributed by atoms with van der Waals surface area (Å²) in [6.07, 6.45) is 2.90. The maximum atomic E-state index is 12.8. The second-order valence-electron chi connectivity index (χ2n) is 6.07. The number of thiophene rings is 1. The number of esters is 1. The van der Waals surface area contributed by atoms with Crippen LogP contribution in [0.4, 0.5) is 5.00 Å². The number of carbonyl (C=O) groups is 3. The molecule has 0 saturated heterocycles. The monoisotopic (exact) mass is 434 g/mol. The number of nitrogens with one attached hydrogen (secondary N) is 1. The van der Waals surface area contributed by atoms with E-state index in [4.69, 9.17) is 16.3 Å². The van der Waals surface area contributed by atoms with E-state index in [1.807, 2.05) is 19.9 Å². The van der Waals surface area contributed by atoms with Crippen LogP contribution in [-0.2, 0) is 9.53 Å². The van der Waals surface area contributed by atoms with Gasteiger partial charge in [0.05, 0.1) is 17.6 Å². The van der Waals surface area contributed by atoms with E-state index in [0.717, 1.165) is 11.3 Å². The Labute approximate surface area is 179 Å². The Kier molecular flexibility index (Phi) is 7.99. The maximum absolute atomic E-state index is 12.8. The van der Waals surface area contributed by atoms with Crippen LogP contribution in [0.3, 0.4) is 0 Å². The summed E-state index contributed by atoms with van der Waals surface area (Å²) < 4.78 is 4.85. The first-order chi connectivity index (χ1) is 13.8. The minimum atomic E-state index is -0.609. The predicted molar refractivity (Wildman–Crippen MR) is 117 cm³/mol. The quantitative estimate of drug-likeness (QED) is 0.509. The number of hydrogen-bond donors (Lipinski definition) is 1. The second kappa shape index (κ2) is 10.2. The van der Waals surface area contributed by atoms with Crippen molar-refractivity contribution in [3.8, 4) is 0 Å². The Bertz CT molecular complexity index is 948. The van der Waals surface area contributed by atoms with Crippen molar-refractivity contribution in [3.63, 3.8) is 0 Å². The van der Waals surface area contributed by atoms with Crippen LogP contribution in [0.5, 0.6) is 0 Å². The topological polar surface area (TPSA) is 75.7 Å². The van der Waals surface area contributed by atoms with E-state index in [9.17, 15) is 14.4 Å². The SMILES string of the molecule is CCN(CC)C(=O)c1sc(NC(=O)/C=C/c2ccccc2Cl)c(C(=O)OC)c1C. The van der Waals surface area contributed by atoms with Gasteiger partial charge in [0.25, 0.3) is 5.91 Å². The van der Waals surface area contributed by atoms with Crippen LogP contribution < -0.4 is 5.32 Å². The second-order valence-corrected chi connectivity index (χ2v) is 7.50. The summed E-state index contributed by atoms with van der Waals surface area (Å²) in [7, 11) is 1.26. The zero-order valence-electron chi connectivity index (χ0n) is 16.7. The Morgan fingerprint density at radius 3 is 2.45 bits per heavy atom. The van der Waals surface area contributed by atoms with Crippen molar-refractivity contribution >= 4 is 51.8 Å². The van der Waals surface area contributed by atoms with Gasteiger partial charge >= 0.3 is 5.97 Å². The Hall–Kier alpha value is -2.64. The molecule has 0 aliphatic heterocycles. The lowest BCUT2D eigenvalue weighted by Crippen LogP contribution is -2.30. The molecule has 29 heavy (non-hydrogen) atoms. The lowest BCUT2D eigenvalue weighted by molar-refractivity contribution is -0.111.